The summed E-state index contributed by atoms with van der Waals surface area (Å²) >= 11 is 14.8. The maximum atomic E-state index is 13.5. The standard InChI is InChI=1S/C31H29Cl2N2OPS/c1-31(2,3)35-30(36)34-29(28(33)38-27-21-19-23(32)20-22-27)37(24-13-7-4-8-14-24,25-15-9-5-10-16-25)26-17-11-6-12-18-26/h4-22H,1-3H3,(H-,34,35,36)/p+1/b29-28-. The van der Waals surface area contributed by atoms with E-state index < -0.39 is 12.8 Å². The fraction of sp³-hybridized carbons (Fsp3) is 0.129. The molecule has 0 bridgehead atoms. The molecule has 0 heterocycles. The van der Waals surface area contributed by atoms with Crippen molar-refractivity contribution in [2.24, 2.45) is 0 Å². The maximum Gasteiger partial charge on any atom is 0.322 e. The van der Waals surface area contributed by atoms with Crippen molar-refractivity contribution in [2.45, 2.75) is 31.2 Å². The molecule has 0 aliphatic rings. The Morgan fingerprint density at radius 1 is 0.711 bits per heavy atom. The molecule has 0 spiro atoms. The summed E-state index contributed by atoms with van der Waals surface area (Å²) in [6.07, 6.45) is 0. The Kier molecular flexibility index (Phi) is 9.23. The van der Waals surface area contributed by atoms with Gasteiger partial charge in [-0.1, -0.05) is 89.6 Å². The number of benzene rings is 4. The summed E-state index contributed by atoms with van der Waals surface area (Å²) in [5, 5.41) is 10.2. The van der Waals surface area contributed by atoms with Gasteiger partial charge < -0.3 is 5.32 Å². The Labute approximate surface area is 240 Å². The van der Waals surface area contributed by atoms with E-state index in [-0.39, 0.29) is 6.03 Å². The monoisotopic (exact) mass is 579 g/mol. The molecule has 0 saturated carbocycles. The number of carbonyl (C=O) groups is 1. The molecule has 2 N–H and O–H groups in total. The van der Waals surface area contributed by atoms with Crippen molar-refractivity contribution in [1.82, 2.24) is 10.6 Å². The van der Waals surface area contributed by atoms with E-state index in [1.165, 1.54) is 11.8 Å². The van der Waals surface area contributed by atoms with Crippen molar-refractivity contribution in [2.75, 3.05) is 0 Å². The first-order chi connectivity index (χ1) is 18.2. The molecule has 0 saturated heterocycles. The van der Waals surface area contributed by atoms with Gasteiger partial charge in [0.15, 0.2) is 7.26 Å². The molecule has 0 radical (unpaired) electrons. The van der Waals surface area contributed by atoms with Crippen LogP contribution < -0.4 is 26.5 Å². The number of thioether (sulfide) groups is 1. The lowest BCUT2D eigenvalue weighted by molar-refractivity contribution is 0.235. The number of hydrogen-bond donors (Lipinski definition) is 2. The van der Waals surface area contributed by atoms with Crippen LogP contribution >= 0.6 is 42.2 Å². The molecule has 38 heavy (non-hydrogen) atoms. The first-order valence-corrected chi connectivity index (χ1v) is 15.5. The van der Waals surface area contributed by atoms with E-state index in [2.05, 4.69) is 47.0 Å². The molecule has 194 valence electrons. The van der Waals surface area contributed by atoms with Crippen LogP contribution in [0.2, 0.25) is 5.02 Å². The van der Waals surface area contributed by atoms with E-state index in [0.717, 1.165) is 20.8 Å². The Balaban J connectivity index is 2.04. The maximum absolute atomic E-state index is 13.5. The van der Waals surface area contributed by atoms with Crippen LogP contribution in [-0.2, 0) is 0 Å². The Bertz CT molecular complexity index is 1290. The predicted molar refractivity (Wildman–Crippen MR) is 167 cm³/mol. The zero-order valence-electron chi connectivity index (χ0n) is 21.5. The van der Waals surface area contributed by atoms with Gasteiger partial charge in [0.05, 0.1) is 0 Å². The van der Waals surface area contributed by atoms with Gasteiger partial charge in [-0.25, -0.2) is 4.79 Å². The van der Waals surface area contributed by atoms with E-state index in [1.54, 1.807) is 0 Å². The first kappa shape index (κ1) is 28.3. The topological polar surface area (TPSA) is 41.1 Å². The van der Waals surface area contributed by atoms with Gasteiger partial charge in [-0.2, -0.15) is 0 Å². The third kappa shape index (κ3) is 6.62. The van der Waals surface area contributed by atoms with Crippen molar-refractivity contribution >= 4 is 64.2 Å². The highest BCUT2D eigenvalue weighted by Crippen LogP contribution is 2.63. The largest absolute Gasteiger partial charge is 0.333 e. The molecule has 4 rings (SSSR count). The molecule has 7 heteroatoms. The van der Waals surface area contributed by atoms with Gasteiger partial charge in [-0.05, 0) is 81.4 Å². The van der Waals surface area contributed by atoms with Gasteiger partial charge in [0, 0.05) is 15.5 Å². The van der Waals surface area contributed by atoms with E-state index >= 15 is 0 Å². The van der Waals surface area contributed by atoms with Gasteiger partial charge in [-0.3, -0.25) is 5.32 Å². The van der Waals surface area contributed by atoms with Crippen molar-refractivity contribution < 1.29 is 4.79 Å². The third-order valence-electron chi connectivity index (χ3n) is 5.69. The van der Waals surface area contributed by atoms with Crippen LogP contribution in [0.1, 0.15) is 20.8 Å². The molecule has 0 atom stereocenters. The molecule has 4 aromatic carbocycles. The summed E-state index contributed by atoms with van der Waals surface area (Å²) in [4.78, 5) is 14.4. The summed E-state index contributed by atoms with van der Waals surface area (Å²) in [5.41, 5.74) is 0.239. The first-order valence-electron chi connectivity index (χ1n) is 12.2. The van der Waals surface area contributed by atoms with Crippen LogP contribution in [0.25, 0.3) is 0 Å². The van der Waals surface area contributed by atoms with E-state index in [9.17, 15) is 4.79 Å². The number of carbonyl (C=O) groups excluding carboxylic acids is 1. The second kappa shape index (κ2) is 12.4. The molecule has 0 aliphatic heterocycles. The number of hydrogen-bond acceptors (Lipinski definition) is 2. The minimum atomic E-state index is -2.66. The van der Waals surface area contributed by atoms with Crippen molar-refractivity contribution in [1.29, 1.82) is 0 Å². The minimum Gasteiger partial charge on any atom is -0.333 e. The molecular formula is C31H30Cl2N2OPS+. The Morgan fingerprint density at radius 2 is 1.13 bits per heavy atom. The van der Waals surface area contributed by atoms with E-state index in [0.29, 0.717) is 14.8 Å². The van der Waals surface area contributed by atoms with Crippen LogP contribution in [0, 0.1) is 0 Å². The molecule has 0 fully saturated rings. The Hall–Kier alpha value is -2.75. The van der Waals surface area contributed by atoms with E-state index in [1.807, 2.05) is 99.6 Å². The average molecular weight is 581 g/mol. The van der Waals surface area contributed by atoms with Gasteiger partial charge in [-0.15, -0.1) is 0 Å². The van der Waals surface area contributed by atoms with E-state index in [4.69, 9.17) is 23.2 Å². The molecule has 3 nitrogen and oxygen atoms in total. The van der Waals surface area contributed by atoms with Gasteiger partial charge in [0.2, 0.25) is 5.44 Å². The Morgan fingerprint density at radius 3 is 1.53 bits per heavy atom. The highest BCUT2D eigenvalue weighted by atomic mass is 35.5. The number of halogens is 2. The van der Waals surface area contributed by atoms with Gasteiger partial charge >= 0.3 is 6.03 Å². The summed E-state index contributed by atoms with van der Waals surface area (Å²) in [5.74, 6) is 0. The van der Waals surface area contributed by atoms with Gasteiger partial charge in [0.25, 0.3) is 0 Å². The van der Waals surface area contributed by atoms with Crippen molar-refractivity contribution in [3.05, 3.63) is 130 Å². The minimum absolute atomic E-state index is 0.311. The summed E-state index contributed by atoms with van der Waals surface area (Å²) in [7, 11) is -2.66. The molecule has 4 aromatic rings. The van der Waals surface area contributed by atoms with Crippen LogP contribution in [0.15, 0.2) is 130 Å². The van der Waals surface area contributed by atoms with Gasteiger partial charge in [0.1, 0.15) is 20.3 Å². The lowest BCUT2D eigenvalue weighted by Crippen LogP contribution is -2.48. The molecule has 0 aromatic heterocycles. The normalized spacial score (nSPS) is 12.4. The zero-order chi connectivity index (χ0) is 27.2. The number of amides is 2. The molecule has 0 aliphatic carbocycles. The number of rotatable bonds is 7. The summed E-state index contributed by atoms with van der Waals surface area (Å²) < 4.78 is 0.487. The smallest absolute Gasteiger partial charge is 0.322 e. The SMILES string of the molecule is CC(C)(C)NC(=O)N/C(=C(\Cl)Sc1ccc(Cl)cc1)[P+](c1ccccc1)(c1ccccc1)c1ccccc1. The van der Waals surface area contributed by atoms with Crippen molar-refractivity contribution in [3.8, 4) is 0 Å². The molecule has 2 amide bonds. The number of urea groups is 1. The highest BCUT2D eigenvalue weighted by molar-refractivity contribution is 8.06. The quantitative estimate of drug-likeness (QED) is 0.172. The fourth-order valence-corrected chi connectivity index (χ4v) is 10.2. The second-order valence-corrected chi connectivity index (χ2v) is 15.1. The summed E-state index contributed by atoms with van der Waals surface area (Å²) in [6, 6.07) is 38.1. The van der Waals surface area contributed by atoms with Crippen LogP contribution in [0.4, 0.5) is 4.79 Å². The zero-order valence-corrected chi connectivity index (χ0v) is 24.7. The average Bonchev–Trinajstić information content (AvgIpc) is 2.91. The lowest BCUT2D eigenvalue weighted by Gasteiger charge is -2.31. The lowest BCUT2D eigenvalue weighted by atomic mass is 10.1. The second-order valence-electron chi connectivity index (χ2n) is 9.68. The molecule has 0 unspecified atom stereocenters. The van der Waals surface area contributed by atoms with Crippen LogP contribution in [-0.4, -0.2) is 11.6 Å². The van der Waals surface area contributed by atoms with Crippen LogP contribution in [0.3, 0.4) is 0 Å². The summed E-state index contributed by atoms with van der Waals surface area (Å²) in [6.45, 7) is 5.86. The fourth-order valence-electron chi connectivity index (χ4n) is 4.19. The predicted octanol–water partition coefficient (Wildman–Crippen LogP) is 7.89. The molecular weight excluding hydrogens is 550 g/mol. The third-order valence-corrected chi connectivity index (χ3v) is 11.8. The highest BCUT2D eigenvalue weighted by Gasteiger charge is 2.52. The number of nitrogens with one attached hydrogen (secondary N) is 2. The van der Waals surface area contributed by atoms with Crippen molar-refractivity contribution in [3.63, 3.8) is 0 Å². The van der Waals surface area contributed by atoms with Crippen LogP contribution in [0.5, 0.6) is 0 Å².